The fraction of sp³-hybridized carbons (Fsp3) is 0.538. The molecular formula is C13H19N3O. The summed E-state index contributed by atoms with van der Waals surface area (Å²) >= 11 is 0. The van der Waals surface area contributed by atoms with Crippen LogP contribution in [0.4, 0.5) is 5.82 Å². The molecule has 0 atom stereocenters. The molecule has 1 amide bonds. The third kappa shape index (κ3) is 2.75. The van der Waals surface area contributed by atoms with Gasteiger partial charge >= 0.3 is 0 Å². The first-order chi connectivity index (χ1) is 8.13. The Morgan fingerprint density at radius 3 is 2.82 bits per heavy atom. The van der Waals surface area contributed by atoms with Crippen molar-refractivity contribution in [1.29, 1.82) is 0 Å². The molecule has 0 unspecified atom stereocenters. The van der Waals surface area contributed by atoms with Crippen molar-refractivity contribution in [2.75, 3.05) is 11.9 Å². The lowest BCUT2D eigenvalue weighted by Gasteiger charge is -2.39. The second-order valence-electron chi connectivity index (χ2n) is 4.81. The van der Waals surface area contributed by atoms with E-state index in [0.717, 1.165) is 25.2 Å². The Kier molecular flexibility index (Phi) is 3.31. The maximum absolute atomic E-state index is 12.0. The molecule has 1 aromatic heterocycles. The van der Waals surface area contributed by atoms with Crippen molar-refractivity contribution in [3.8, 4) is 0 Å². The number of amides is 1. The van der Waals surface area contributed by atoms with E-state index in [1.807, 2.05) is 19.1 Å². The van der Waals surface area contributed by atoms with Crippen LogP contribution in [-0.2, 0) is 0 Å². The van der Waals surface area contributed by atoms with E-state index in [9.17, 15) is 4.79 Å². The van der Waals surface area contributed by atoms with E-state index >= 15 is 0 Å². The van der Waals surface area contributed by atoms with Crippen molar-refractivity contribution < 1.29 is 4.79 Å². The number of nitrogens with zero attached hydrogens (tertiary/aromatic N) is 1. The molecule has 1 aromatic rings. The van der Waals surface area contributed by atoms with Gasteiger partial charge in [0.25, 0.3) is 5.91 Å². The number of anilines is 1. The van der Waals surface area contributed by atoms with Crippen LogP contribution in [0.25, 0.3) is 0 Å². The number of hydrogen-bond donors (Lipinski definition) is 2. The number of nitrogens with one attached hydrogen (secondary N) is 2. The topological polar surface area (TPSA) is 54.0 Å². The highest BCUT2D eigenvalue weighted by Crippen LogP contribution is 2.31. The third-order valence-electron chi connectivity index (χ3n) is 3.21. The van der Waals surface area contributed by atoms with Crippen LogP contribution in [0.1, 0.15) is 43.6 Å². The summed E-state index contributed by atoms with van der Waals surface area (Å²) in [5.41, 5.74) is 0.462. The van der Waals surface area contributed by atoms with Crippen LogP contribution in [0.5, 0.6) is 0 Å². The van der Waals surface area contributed by atoms with Gasteiger partial charge in [0, 0.05) is 12.1 Å². The summed E-state index contributed by atoms with van der Waals surface area (Å²) in [4.78, 5) is 16.3. The fourth-order valence-electron chi connectivity index (χ4n) is 2.01. The number of carbonyl (C=O) groups is 1. The Bertz CT molecular complexity index is 413. The maximum Gasteiger partial charge on any atom is 0.270 e. The smallest absolute Gasteiger partial charge is 0.270 e. The van der Waals surface area contributed by atoms with Gasteiger partial charge < -0.3 is 10.6 Å². The van der Waals surface area contributed by atoms with Gasteiger partial charge in [-0.05, 0) is 45.2 Å². The first kappa shape index (κ1) is 11.9. The zero-order valence-corrected chi connectivity index (χ0v) is 10.4. The van der Waals surface area contributed by atoms with E-state index in [4.69, 9.17) is 0 Å². The van der Waals surface area contributed by atoms with Gasteiger partial charge in [-0.15, -0.1) is 0 Å². The molecular weight excluding hydrogens is 214 g/mol. The summed E-state index contributed by atoms with van der Waals surface area (Å²) in [6.07, 6.45) is 3.32. The zero-order valence-electron chi connectivity index (χ0n) is 10.4. The van der Waals surface area contributed by atoms with Crippen LogP contribution < -0.4 is 10.6 Å². The zero-order chi connectivity index (χ0) is 12.3. The average Bonchev–Trinajstić information content (AvgIpc) is 2.28. The lowest BCUT2D eigenvalue weighted by Crippen LogP contribution is -2.51. The predicted octanol–water partition coefficient (Wildman–Crippen LogP) is 2.19. The molecule has 17 heavy (non-hydrogen) atoms. The quantitative estimate of drug-likeness (QED) is 0.838. The van der Waals surface area contributed by atoms with Crippen molar-refractivity contribution in [3.05, 3.63) is 23.9 Å². The van der Waals surface area contributed by atoms with Gasteiger partial charge in [0.05, 0.1) is 0 Å². The fourth-order valence-corrected chi connectivity index (χ4v) is 2.01. The summed E-state index contributed by atoms with van der Waals surface area (Å²) < 4.78 is 0. The Balaban J connectivity index is 2.05. The number of rotatable bonds is 4. The van der Waals surface area contributed by atoms with Crippen LogP contribution in [0, 0.1) is 0 Å². The lowest BCUT2D eigenvalue weighted by atomic mass is 9.78. The second kappa shape index (κ2) is 4.73. The first-order valence-corrected chi connectivity index (χ1v) is 6.16. The summed E-state index contributed by atoms with van der Waals surface area (Å²) in [6, 6.07) is 5.46. The van der Waals surface area contributed by atoms with Gasteiger partial charge in [-0.25, -0.2) is 4.98 Å². The van der Waals surface area contributed by atoms with Gasteiger partial charge in [0.1, 0.15) is 11.5 Å². The first-order valence-electron chi connectivity index (χ1n) is 6.16. The third-order valence-corrected chi connectivity index (χ3v) is 3.21. The van der Waals surface area contributed by atoms with E-state index in [0.29, 0.717) is 5.69 Å². The second-order valence-corrected chi connectivity index (χ2v) is 4.81. The monoisotopic (exact) mass is 233 g/mol. The molecule has 1 aliphatic rings. The highest BCUT2D eigenvalue weighted by molar-refractivity contribution is 5.93. The largest absolute Gasteiger partial charge is 0.370 e. The van der Waals surface area contributed by atoms with Crippen LogP contribution in [0.15, 0.2) is 18.2 Å². The van der Waals surface area contributed by atoms with E-state index in [2.05, 4.69) is 22.5 Å². The average molecular weight is 233 g/mol. The molecule has 1 aliphatic carbocycles. The van der Waals surface area contributed by atoms with Crippen molar-refractivity contribution in [3.63, 3.8) is 0 Å². The van der Waals surface area contributed by atoms with Crippen LogP contribution in [0.3, 0.4) is 0 Å². The molecule has 92 valence electrons. The molecule has 1 heterocycles. The van der Waals surface area contributed by atoms with Crippen LogP contribution in [0.2, 0.25) is 0 Å². The molecule has 2 N–H and O–H groups in total. The van der Waals surface area contributed by atoms with E-state index in [1.54, 1.807) is 6.07 Å². The minimum atomic E-state index is -0.0769. The number of aromatic nitrogens is 1. The van der Waals surface area contributed by atoms with Crippen molar-refractivity contribution in [2.24, 2.45) is 0 Å². The highest BCUT2D eigenvalue weighted by atomic mass is 16.2. The molecule has 2 rings (SSSR count). The summed E-state index contributed by atoms with van der Waals surface area (Å²) in [6.45, 7) is 4.89. The molecule has 0 radical (unpaired) electrons. The summed E-state index contributed by atoms with van der Waals surface area (Å²) in [5, 5.41) is 6.15. The lowest BCUT2D eigenvalue weighted by molar-refractivity contribution is 0.0845. The Morgan fingerprint density at radius 2 is 2.24 bits per heavy atom. The van der Waals surface area contributed by atoms with Crippen molar-refractivity contribution in [1.82, 2.24) is 10.3 Å². The number of pyridine rings is 1. The van der Waals surface area contributed by atoms with E-state index in [-0.39, 0.29) is 11.4 Å². The van der Waals surface area contributed by atoms with Crippen molar-refractivity contribution >= 4 is 11.7 Å². The van der Waals surface area contributed by atoms with Crippen LogP contribution >= 0.6 is 0 Å². The van der Waals surface area contributed by atoms with Gasteiger partial charge in [-0.2, -0.15) is 0 Å². The van der Waals surface area contributed by atoms with Gasteiger partial charge in [0.2, 0.25) is 0 Å². The Morgan fingerprint density at radius 1 is 1.47 bits per heavy atom. The molecule has 0 spiro atoms. The molecule has 0 saturated heterocycles. The van der Waals surface area contributed by atoms with Crippen molar-refractivity contribution in [2.45, 2.75) is 38.6 Å². The number of carbonyl (C=O) groups excluding carboxylic acids is 1. The molecule has 1 fully saturated rings. The molecule has 4 heteroatoms. The van der Waals surface area contributed by atoms with Gasteiger partial charge in [0.15, 0.2) is 0 Å². The molecule has 0 aromatic carbocycles. The normalized spacial score (nSPS) is 17.1. The summed E-state index contributed by atoms with van der Waals surface area (Å²) in [5.74, 6) is 0.672. The van der Waals surface area contributed by atoms with Gasteiger partial charge in [-0.1, -0.05) is 6.07 Å². The summed E-state index contributed by atoms with van der Waals surface area (Å²) in [7, 11) is 0. The van der Waals surface area contributed by atoms with E-state index in [1.165, 1.54) is 6.42 Å². The maximum atomic E-state index is 12.0. The molecule has 4 nitrogen and oxygen atoms in total. The molecule has 0 aliphatic heterocycles. The standard InChI is InChI=1S/C13H19N3O/c1-3-14-11-7-4-6-10(15-11)12(17)16-13(2)8-5-9-13/h4,6-7H,3,5,8-9H2,1-2H3,(H,14,15)(H,16,17). The SMILES string of the molecule is CCNc1cccc(C(=O)NC2(C)CCC2)n1. The molecule has 1 saturated carbocycles. The van der Waals surface area contributed by atoms with E-state index < -0.39 is 0 Å². The minimum absolute atomic E-state index is 0.0209. The molecule has 0 bridgehead atoms. The van der Waals surface area contributed by atoms with Crippen LogP contribution in [-0.4, -0.2) is 23.0 Å². The predicted molar refractivity (Wildman–Crippen MR) is 68.1 cm³/mol. The van der Waals surface area contributed by atoms with Gasteiger partial charge in [-0.3, -0.25) is 4.79 Å². The Hall–Kier alpha value is -1.58. The highest BCUT2D eigenvalue weighted by Gasteiger charge is 2.33. The Labute approximate surface area is 102 Å². The number of hydrogen-bond acceptors (Lipinski definition) is 3. The minimum Gasteiger partial charge on any atom is -0.370 e.